The maximum absolute atomic E-state index is 11.8. The first-order valence-electron chi connectivity index (χ1n) is 6.83. The molecule has 2 aromatic rings. The number of amides is 1. The summed E-state index contributed by atoms with van der Waals surface area (Å²) in [6.45, 7) is 0.260. The van der Waals surface area contributed by atoms with Crippen LogP contribution in [0.5, 0.6) is 0 Å². The van der Waals surface area contributed by atoms with Gasteiger partial charge in [-0.1, -0.05) is 60.0 Å². The Labute approximate surface area is 140 Å². The van der Waals surface area contributed by atoms with E-state index in [4.69, 9.17) is 18.0 Å². The Bertz CT molecular complexity index is 649. The van der Waals surface area contributed by atoms with Gasteiger partial charge in [-0.2, -0.15) is 0 Å². The van der Waals surface area contributed by atoms with Gasteiger partial charge in [0.15, 0.2) is 0 Å². The minimum absolute atomic E-state index is 0.0576. The van der Waals surface area contributed by atoms with E-state index in [-0.39, 0.29) is 17.7 Å². The van der Waals surface area contributed by atoms with Crippen LogP contribution >= 0.6 is 23.4 Å². The van der Waals surface area contributed by atoms with Crippen molar-refractivity contribution in [1.29, 1.82) is 0 Å². The molecule has 0 radical (unpaired) electrons. The second kappa shape index (κ2) is 8.53. The molecule has 1 amide bonds. The van der Waals surface area contributed by atoms with Crippen molar-refractivity contribution in [3.05, 3.63) is 70.7 Å². The fraction of sp³-hybridized carbons (Fsp3) is 0.167. The third kappa shape index (κ3) is 4.84. The van der Waals surface area contributed by atoms with Crippen molar-refractivity contribution < 1.29 is 4.79 Å². The number of carbonyl (C=O) groups excluding carboxylic acids is 1. The normalized spacial score (nSPS) is 11.5. The summed E-state index contributed by atoms with van der Waals surface area (Å²) in [4.78, 5) is 11.8. The van der Waals surface area contributed by atoms with Gasteiger partial charge in [0.05, 0.1) is 17.5 Å². The summed E-state index contributed by atoms with van der Waals surface area (Å²) in [6, 6.07) is 17.8. The molecule has 0 aromatic heterocycles. The molecule has 0 bridgehead atoms. The molecule has 0 aliphatic rings. The van der Waals surface area contributed by atoms with E-state index in [0.29, 0.717) is 10.8 Å². The molecule has 0 heterocycles. The lowest BCUT2D eigenvalue weighted by atomic mass is 10.0. The van der Waals surface area contributed by atoms with E-state index in [1.165, 1.54) is 0 Å². The first kappa shape index (κ1) is 16.5. The first-order valence-corrected chi connectivity index (χ1v) is 8.25. The van der Waals surface area contributed by atoms with Gasteiger partial charge < -0.3 is 5.32 Å². The Morgan fingerprint density at radius 3 is 2.41 bits per heavy atom. The molecule has 0 fully saturated rings. The van der Waals surface area contributed by atoms with Gasteiger partial charge >= 0.3 is 0 Å². The van der Waals surface area contributed by atoms with Gasteiger partial charge in [0.25, 0.3) is 0 Å². The summed E-state index contributed by atoms with van der Waals surface area (Å²) in [5, 5.41) is 3.46. The highest BCUT2D eigenvalue weighted by Crippen LogP contribution is 2.35. The van der Waals surface area contributed by atoms with Crippen LogP contribution in [0.1, 0.15) is 16.4 Å². The van der Waals surface area contributed by atoms with Crippen molar-refractivity contribution >= 4 is 29.3 Å². The fourth-order valence-electron chi connectivity index (χ4n) is 2.01. The van der Waals surface area contributed by atoms with E-state index < -0.39 is 0 Å². The van der Waals surface area contributed by atoms with Gasteiger partial charge in [0.1, 0.15) is 0 Å². The van der Waals surface area contributed by atoms with E-state index in [1.807, 2.05) is 42.5 Å². The zero-order valence-electron chi connectivity index (χ0n) is 12.0. The van der Waals surface area contributed by atoms with Gasteiger partial charge in [-0.05, 0) is 23.3 Å². The maximum atomic E-state index is 11.8. The molecule has 0 aliphatic heterocycles. The highest BCUT2D eigenvalue weighted by Gasteiger charge is 2.16. The van der Waals surface area contributed by atoms with Crippen molar-refractivity contribution in [2.24, 2.45) is 0 Å². The van der Waals surface area contributed by atoms with Crippen LogP contribution in [-0.2, 0) is 4.79 Å². The largest absolute Gasteiger partial charge is 0.344 e. The summed E-state index contributed by atoms with van der Waals surface area (Å²) in [5.41, 5.74) is 2.27. The SMILES string of the molecule is C#CCNC(=O)CSC(c1ccccc1)c1ccc(Cl)cc1. The van der Waals surface area contributed by atoms with E-state index in [0.717, 1.165) is 11.1 Å². The second-order valence-electron chi connectivity index (χ2n) is 4.63. The number of hydrogen-bond acceptors (Lipinski definition) is 2. The summed E-state index contributed by atoms with van der Waals surface area (Å²) in [6.07, 6.45) is 5.15. The standard InChI is InChI=1S/C18H16ClNOS/c1-2-12-20-17(21)13-22-18(14-6-4-3-5-7-14)15-8-10-16(19)11-9-15/h1,3-11,18H,12-13H2,(H,20,21). The molecule has 2 rings (SSSR count). The fourth-order valence-corrected chi connectivity index (χ4v) is 3.26. The molecule has 1 unspecified atom stereocenters. The van der Waals surface area contributed by atoms with Crippen molar-refractivity contribution in [3.63, 3.8) is 0 Å². The average Bonchev–Trinajstić information content (AvgIpc) is 2.55. The average molecular weight is 330 g/mol. The second-order valence-corrected chi connectivity index (χ2v) is 6.16. The van der Waals surface area contributed by atoms with Crippen LogP contribution in [0.25, 0.3) is 0 Å². The van der Waals surface area contributed by atoms with E-state index in [9.17, 15) is 4.79 Å². The van der Waals surface area contributed by atoms with Crippen LogP contribution in [0.4, 0.5) is 0 Å². The molecule has 1 atom stereocenters. The van der Waals surface area contributed by atoms with Crippen molar-refractivity contribution in [2.75, 3.05) is 12.3 Å². The van der Waals surface area contributed by atoms with Crippen molar-refractivity contribution in [1.82, 2.24) is 5.32 Å². The van der Waals surface area contributed by atoms with Crippen molar-refractivity contribution in [3.8, 4) is 12.3 Å². The van der Waals surface area contributed by atoms with Crippen LogP contribution in [0.2, 0.25) is 5.02 Å². The molecular formula is C18H16ClNOS. The Balaban J connectivity index is 2.14. The third-order valence-corrected chi connectivity index (χ3v) is 4.60. The first-order chi connectivity index (χ1) is 10.7. The lowest BCUT2D eigenvalue weighted by Gasteiger charge is -2.17. The Hall–Kier alpha value is -1.89. The third-order valence-electron chi connectivity index (χ3n) is 3.04. The van der Waals surface area contributed by atoms with Crippen LogP contribution in [0.15, 0.2) is 54.6 Å². The molecule has 22 heavy (non-hydrogen) atoms. The smallest absolute Gasteiger partial charge is 0.230 e. The van der Waals surface area contributed by atoms with E-state index >= 15 is 0 Å². The predicted octanol–water partition coefficient (Wildman–Crippen LogP) is 3.91. The summed E-state index contributed by atoms with van der Waals surface area (Å²) in [5.74, 6) is 2.69. The molecule has 2 aromatic carbocycles. The van der Waals surface area contributed by atoms with Crippen LogP contribution in [-0.4, -0.2) is 18.2 Å². The number of rotatable bonds is 6. The molecule has 0 saturated carbocycles. The molecule has 0 spiro atoms. The monoisotopic (exact) mass is 329 g/mol. The number of benzene rings is 2. The minimum Gasteiger partial charge on any atom is -0.344 e. The molecule has 0 aliphatic carbocycles. The highest BCUT2D eigenvalue weighted by molar-refractivity contribution is 8.00. The molecule has 0 saturated heterocycles. The summed E-state index contributed by atoms with van der Waals surface area (Å²) in [7, 11) is 0. The molecular weight excluding hydrogens is 314 g/mol. The zero-order chi connectivity index (χ0) is 15.8. The number of hydrogen-bond donors (Lipinski definition) is 1. The predicted molar refractivity (Wildman–Crippen MR) is 94.0 cm³/mol. The van der Waals surface area contributed by atoms with Crippen LogP contribution in [0.3, 0.4) is 0 Å². The minimum atomic E-state index is -0.0576. The molecule has 4 heteroatoms. The zero-order valence-corrected chi connectivity index (χ0v) is 13.5. The Morgan fingerprint density at radius 2 is 1.77 bits per heavy atom. The van der Waals surface area contributed by atoms with Gasteiger partial charge in [0.2, 0.25) is 5.91 Å². The number of thioether (sulfide) groups is 1. The number of halogens is 1. The number of nitrogens with one attached hydrogen (secondary N) is 1. The summed E-state index contributed by atoms with van der Waals surface area (Å²) < 4.78 is 0. The summed E-state index contributed by atoms with van der Waals surface area (Å²) >= 11 is 7.53. The van der Waals surface area contributed by atoms with Crippen molar-refractivity contribution in [2.45, 2.75) is 5.25 Å². The lowest BCUT2D eigenvalue weighted by Crippen LogP contribution is -2.25. The van der Waals surface area contributed by atoms with E-state index in [2.05, 4.69) is 23.4 Å². The van der Waals surface area contributed by atoms with E-state index in [1.54, 1.807) is 11.8 Å². The van der Waals surface area contributed by atoms with Gasteiger partial charge in [0, 0.05) is 5.02 Å². The molecule has 1 N–H and O–H groups in total. The Morgan fingerprint density at radius 1 is 1.14 bits per heavy atom. The van der Waals surface area contributed by atoms with Crippen LogP contribution in [0, 0.1) is 12.3 Å². The number of carbonyl (C=O) groups is 1. The number of terminal acetylenes is 1. The maximum Gasteiger partial charge on any atom is 0.230 e. The quantitative estimate of drug-likeness (QED) is 0.814. The lowest BCUT2D eigenvalue weighted by molar-refractivity contribution is -0.118. The van der Waals surface area contributed by atoms with Crippen LogP contribution < -0.4 is 5.32 Å². The highest BCUT2D eigenvalue weighted by atomic mass is 35.5. The molecule has 2 nitrogen and oxygen atoms in total. The topological polar surface area (TPSA) is 29.1 Å². The Kier molecular flexibility index (Phi) is 6.39. The molecule has 112 valence electrons. The van der Waals surface area contributed by atoms with Gasteiger partial charge in [-0.15, -0.1) is 18.2 Å². The van der Waals surface area contributed by atoms with Gasteiger partial charge in [-0.3, -0.25) is 4.79 Å². The van der Waals surface area contributed by atoms with Gasteiger partial charge in [-0.25, -0.2) is 0 Å².